The molecule has 1 nitrogen and oxygen atoms in total. The Kier molecular flexibility index (Phi) is 4.57. The van der Waals surface area contributed by atoms with E-state index in [1.54, 1.807) is 0 Å². The molecule has 2 rings (SSSR count). The molecule has 2 atom stereocenters. The van der Waals surface area contributed by atoms with Gasteiger partial charge in [-0.2, -0.15) is 0 Å². The van der Waals surface area contributed by atoms with E-state index in [-0.39, 0.29) is 0 Å². The van der Waals surface area contributed by atoms with E-state index >= 15 is 0 Å². The smallest absolute Gasteiger partial charge is 0.0353 e. The molecule has 1 aliphatic rings. The summed E-state index contributed by atoms with van der Waals surface area (Å²) < 4.78 is 1.31. The van der Waals surface area contributed by atoms with E-state index in [2.05, 4.69) is 72.9 Å². The molecule has 2 heteroatoms. The average molecular weight is 357 g/mol. The Morgan fingerprint density at radius 2 is 1.89 bits per heavy atom. The molecular formula is C16H24IN. The molecule has 0 radical (unpaired) electrons. The van der Waals surface area contributed by atoms with E-state index in [9.17, 15) is 0 Å². The molecular weight excluding hydrogens is 333 g/mol. The van der Waals surface area contributed by atoms with Gasteiger partial charge in [-0.05, 0) is 65.0 Å². The van der Waals surface area contributed by atoms with Gasteiger partial charge < -0.3 is 5.32 Å². The number of halogens is 1. The first-order valence-electron chi connectivity index (χ1n) is 6.99. The Labute approximate surface area is 125 Å². The van der Waals surface area contributed by atoms with Gasteiger partial charge in [0.2, 0.25) is 0 Å². The quantitative estimate of drug-likeness (QED) is 0.708. The molecule has 1 aliphatic carbocycles. The normalized spacial score (nSPS) is 24.9. The van der Waals surface area contributed by atoms with E-state index in [1.165, 1.54) is 34.9 Å². The van der Waals surface area contributed by atoms with Crippen LogP contribution in [0.5, 0.6) is 0 Å². The number of benzene rings is 1. The molecule has 100 valence electrons. The Morgan fingerprint density at radius 3 is 2.56 bits per heavy atom. The lowest BCUT2D eigenvalue weighted by atomic mass is 9.69. The van der Waals surface area contributed by atoms with Crippen molar-refractivity contribution in [3.8, 4) is 0 Å². The van der Waals surface area contributed by atoms with Crippen LogP contribution in [0.1, 0.15) is 46.5 Å². The first-order valence-corrected chi connectivity index (χ1v) is 8.07. The molecule has 0 saturated heterocycles. The average Bonchev–Trinajstić information content (AvgIpc) is 2.28. The summed E-state index contributed by atoms with van der Waals surface area (Å²) >= 11 is 2.38. The molecule has 1 aromatic rings. The first-order chi connectivity index (χ1) is 8.47. The molecule has 18 heavy (non-hydrogen) atoms. The van der Waals surface area contributed by atoms with Gasteiger partial charge in [0.15, 0.2) is 0 Å². The van der Waals surface area contributed by atoms with Crippen molar-refractivity contribution in [1.29, 1.82) is 0 Å². The minimum Gasteiger partial charge on any atom is -0.382 e. The summed E-state index contributed by atoms with van der Waals surface area (Å²) in [5.41, 5.74) is 1.68. The maximum atomic E-state index is 3.77. The molecule has 0 amide bonds. The van der Waals surface area contributed by atoms with Crippen LogP contribution < -0.4 is 5.32 Å². The van der Waals surface area contributed by atoms with Gasteiger partial charge in [0, 0.05) is 15.3 Å². The molecule has 1 N–H and O–H groups in total. The van der Waals surface area contributed by atoms with Gasteiger partial charge in [0.1, 0.15) is 0 Å². The fourth-order valence-electron chi connectivity index (χ4n) is 3.13. The van der Waals surface area contributed by atoms with E-state index < -0.39 is 0 Å². The maximum absolute atomic E-state index is 3.77. The summed E-state index contributed by atoms with van der Waals surface area (Å²) in [6.07, 6.45) is 5.44. The number of anilines is 1. The van der Waals surface area contributed by atoms with Crippen LogP contribution in [0.3, 0.4) is 0 Å². The lowest BCUT2D eigenvalue weighted by molar-refractivity contribution is 0.163. The first kappa shape index (κ1) is 14.2. The van der Waals surface area contributed by atoms with Crippen molar-refractivity contribution in [2.24, 2.45) is 11.3 Å². The zero-order valence-electron chi connectivity index (χ0n) is 11.7. The summed E-state index contributed by atoms with van der Waals surface area (Å²) in [6, 6.07) is 9.36. The Morgan fingerprint density at radius 1 is 1.17 bits per heavy atom. The molecule has 1 aromatic carbocycles. The van der Waals surface area contributed by atoms with E-state index in [0.717, 1.165) is 5.92 Å². The number of hydrogen-bond donors (Lipinski definition) is 1. The third-order valence-corrected chi connectivity index (χ3v) is 4.73. The van der Waals surface area contributed by atoms with Gasteiger partial charge in [-0.15, -0.1) is 0 Å². The van der Waals surface area contributed by atoms with Gasteiger partial charge in [-0.25, -0.2) is 0 Å². The Hall–Kier alpha value is -0.250. The van der Waals surface area contributed by atoms with Crippen molar-refractivity contribution in [2.45, 2.75) is 52.5 Å². The van der Waals surface area contributed by atoms with Crippen LogP contribution in [0.2, 0.25) is 0 Å². The van der Waals surface area contributed by atoms with E-state index in [4.69, 9.17) is 0 Å². The van der Waals surface area contributed by atoms with Gasteiger partial charge in [-0.1, -0.05) is 39.7 Å². The molecule has 0 aromatic heterocycles. The molecule has 2 unspecified atom stereocenters. The fraction of sp³-hybridized carbons (Fsp3) is 0.625. The number of hydrogen-bond acceptors (Lipinski definition) is 1. The van der Waals surface area contributed by atoms with Crippen molar-refractivity contribution in [2.75, 3.05) is 5.32 Å². The molecule has 0 spiro atoms. The molecule has 0 aliphatic heterocycles. The van der Waals surface area contributed by atoms with Gasteiger partial charge >= 0.3 is 0 Å². The van der Waals surface area contributed by atoms with Gasteiger partial charge in [-0.3, -0.25) is 0 Å². The largest absolute Gasteiger partial charge is 0.382 e. The van der Waals surface area contributed by atoms with Crippen LogP contribution in [0.4, 0.5) is 5.69 Å². The van der Waals surface area contributed by atoms with Crippen LogP contribution in [0.25, 0.3) is 0 Å². The Balaban J connectivity index is 2.10. The second-order valence-corrected chi connectivity index (χ2v) is 7.76. The summed E-state index contributed by atoms with van der Waals surface area (Å²) in [5, 5.41) is 3.77. The molecule has 1 saturated carbocycles. The van der Waals surface area contributed by atoms with Crippen molar-refractivity contribution in [3.63, 3.8) is 0 Å². The predicted molar refractivity (Wildman–Crippen MR) is 88.0 cm³/mol. The fourth-order valence-corrected chi connectivity index (χ4v) is 3.68. The van der Waals surface area contributed by atoms with Crippen molar-refractivity contribution < 1.29 is 0 Å². The highest BCUT2D eigenvalue weighted by Crippen LogP contribution is 2.39. The zero-order valence-corrected chi connectivity index (χ0v) is 13.8. The minimum atomic E-state index is 0.403. The highest BCUT2D eigenvalue weighted by molar-refractivity contribution is 14.1. The van der Waals surface area contributed by atoms with Crippen molar-refractivity contribution in [1.82, 2.24) is 0 Å². The van der Waals surface area contributed by atoms with E-state index in [1.807, 2.05) is 0 Å². The number of rotatable bonds is 2. The second kappa shape index (κ2) is 5.81. The monoisotopic (exact) mass is 357 g/mol. The molecule has 0 bridgehead atoms. The highest BCUT2D eigenvalue weighted by atomic mass is 127. The maximum Gasteiger partial charge on any atom is 0.0353 e. The van der Waals surface area contributed by atoms with Crippen LogP contribution in [0, 0.1) is 14.9 Å². The number of nitrogens with one attached hydrogen (secondary N) is 1. The zero-order chi connectivity index (χ0) is 13.2. The van der Waals surface area contributed by atoms with Crippen molar-refractivity contribution >= 4 is 28.3 Å². The van der Waals surface area contributed by atoms with Crippen LogP contribution in [-0.4, -0.2) is 6.04 Å². The second-order valence-electron chi connectivity index (χ2n) is 6.52. The Bertz CT molecular complexity index is 394. The third-order valence-electron chi connectivity index (χ3n) is 4.06. The SMILES string of the molecule is CC(C)(C)C1CCCCC1Nc1cccc(I)c1. The highest BCUT2D eigenvalue weighted by Gasteiger charge is 2.33. The van der Waals surface area contributed by atoms with Crippen molar-refractivity contribution in [3.05, 3.63) is 27.8 Å². The van der Waals surface area contributed by atoms with Gasteiger partial charge in [0.05, 0.1) is 0 Å². The lowest BCUT2D eigenvalue weighted by Crippen LogP contribution is -2.39. The predicted octanol–water partition coefficient (Wildman–Crippen LogP) is 5.31. The van der Waals surface area contributed by atoms with Crippen LogP contribution >= 0.6 is 22.6 Å². The summed E-state index contributed by atoms with van der Waals surface area (Å²) in [5.74, 6) is 0.782. The summed E-state index contributed by atoms with van der Waals surface area (Å²) in [7, 11) is 0. The standard InChI is InChI=1S/C16H24IN/c1-16(2,3)14-9-4-5-10-15(14)18-13-8-6-7-12(17)11-13/h6-8,11,14-15,18H,4-5,9-10H2,1-3H3. The summed E-state index contributed by atoms with van der Waals surface area (Å²) in [6.45, 7) is 7.14. The minimum absolute atomic E-state index is 0.403. The van der Waals surface area contributed by atoms with Gasteiger partial charge in [0.25, 0.3) is 0 Å². The molecule has 1 fully saturated rings. The third kappa shape index (κ3) is 3.62. The lowest BCUT2D eigenvalue weighted by Gasteiger charge is -2.41. The molecule has 0 heterocycles. The van der Waals surface area contributed by atoms with E-state index in [0.29, 0.717) is 11.5 Å². The summed E-state index contributed by atoms with van der Waals surface area (Å²) in [4.78, 5) is 0. The van der Waals surface area contributed by atoms with Crippen LogP contribution in [0.15, 0.2) is 24.3 Å². The topological polar surface area (TPSA) is 12.0 Å². The van der Waals surface area contributed by atoms with Crippen LogP contribution in [-0.2, 0) is 0 Å².